The summed E-state index contributed by atoms with van der Waals surface area (Å²) in [4.78, 5) is 0. The molecule has 0 saturated heterocycles. The molecule has 8 N–H and O–H groups in total. The second-order valence-electron chi connectivity index (χ2n) is 19.6. The van der Waals surface area contributed by atoms with Crippen molar-refractivity contribution in [2.75, 3.05) is 0 Å². The summed E-state index contributed by atoms with van der Waals surface area (Å²) in [6.45, 7) is 0. The van der Waals surface area contributed by atoms with E-state index in [2.05, 4.69) is 40.7 Å². The molecule has 0 aromatic rings. The lowest BCUT2D eigenvalue weighted by atomic mass is 10.3. The summed E-state index contributed by atoms with van der Waals surface area (Å²) >= 11 is 0. The standard InChI is InChI=1S/C40H80N12P4/c1-2-18-33(17-1)41-53(42-34-19-3-4-20-34)49-54(43-35-21-5-6-22-35,44-36-23-7-8-24-36)51-56(47-39-29-13-14-30-39,48-40-31-15-16-32-40)52-55(50-53,45-37-25-9-10-26-37)46-38-27-11-12-28-38/h33-48H,1-32H2. The lowest BCUT2D eigenvalue weighted by molar-refractivity contribution is 0.594. The molecule has 9 rings (SSSR count). The average molecular weight is 853 g/mol. The second kappa shape index (κ2) is 19.3. The first-order chi connectivity index (χ1) is 27.5. The van der Waals surface area contributed by atoms with Crippen molar-refractivity contribution in [3.05, 3.63) is 0 Å². The summed E-state index contributed by atoms with van der Waals surface area (Å²) in [5.41, 5.74) is 0. The predicted octanol–water partition coefficient (Wildman–Crippen LogP) is 12.0. The van der Waals surface area contributed by atoms with Crippen LogP contribution in [0.25, 0.3) is 0 Å². The summed E-state index contributed by atoms with van der Waals surface area (Å²) in [7, 11) is -11.1. The lowest BCUT2D eigenvalue weighted by Crippen LogP contribution is -2.40. The van der Waals surface area contributed by atoms with E-state index in [0.717, 1.165) is 0 Å². The van der Waals surface area contributed by atoms with Gasteiger partial charge in [0, 0.05) is 48.3 Å². The Balaban J connectivity index is 1.32. The molecular weight excluding hydrogens is 772 g/mol. The Hall–Kier alpha value is 0.600. The van der Waals surface area contributed by atoms with Crippen LogP contribution in [0.4, 0.5) is 0 Å². The fraction of sp³-hybridized carbons (Fsp3) is 1.00. The normalized spacial score (nSPS) is 31.1. The molecule has 0 atom stereocenters. The molecule has 8 saturated carbocycles. The Morgan fingerprint density at radius 2 is 0.304 bits per heavy atom. The van der Waals surface area contributed by atoms with Crippen LogP contribution in [0.3, 0.4) is 0 Å². The third-order valence-electron chi connectivity index (χ3n) is 14.8. The van der Waals surface area contributed by atoms with Crippen molar-refractivity contribution in [3.8, 4) is 0 Å². The molecule has 1 heterocycles. The first-order valence-corrected chi connectivity index (χ1v) is 31.0. The molecule has 12 nitrogen and oxygen atoms in total. The second-order valence-corrected chi connectivity index (χ2v) is 29.4. The SMILES string of the molecule is C1CCC(NP2(NC3CCCC3)=NP(NC3CCCC3)(NC3CCCC3)=NP(NC3CCCC3)(NC3CCCC3)=NP(NC3CCCC3)(NC3CCCC3)=N2)C1. The van der Waals surface area contributed by atoms with Crippen molar-refractivity contribution >= 4 is 30.0 Å². The van der Waals surface area contributed by atoms with Crippen molar-refractivity contribution in [1.82, 2.24) is 40.7 Å². The fourth-order valence-electron chi connectivity index (χ4n) is 11.9. The maximum absolute atomic E-state index is 6.52. The van der Waals surface area contributed by atoms with Crippen LogP contribution >= 0.6 is 30.0 Å². The maximum Gasteiger partial charge on any atom is 0.216 e. The largest absolute Gasteiger partial charge is 0.250 e. The van der Waals surface area contributed by atoms with Gasteiger partial charge < -0.3 is 0 Å². The number of hydrogen-bond acceptors (Lipinski definition) is 12. The molecule has 0 amide bonds. The van der Waals surface area contributed by atoms with Gasteiger partial charge in [-0.1, -0.05) is 103 Å². The topological polar surface area (TPSA) is 146 Å². The van der Waals surface area contributed by atoms with Gasteiger partial charge in [-0.15, -0.1) is 0 Å². The molecule has 8 fully saturated rings. The van der Waals surface area contributed by atoms with Crippen LogP contribution in [-0.2, 0) is 0 Å². The third-order valence-corrected chi connectivity index (χ3v) is 28.9. The van der Waals surface area contributed by atoms with E-state index in [1.54, 1.807) is 0 Å². The molecule has 16 heteroatoms. The van der Waals surface area contributed by atoms with E-state index in [9.17, 15) is 0 Å². The van der Waals surface area contributed by atoms with Gasteiger partial charge in [-0.2, -0.15) is 18.1 Å². The van der Waals surface area contributed by atoms with Crippen LogP contribution in [0.1, 0.15) is 205 Å². The van der Waals surface area contributed by atoms with E-state index in [4.69, 9.17) is 18.1 Å². The molecule has 0 bridgehead atoms. The zero-order valence-corrected chi connectivity index (χ0v) is 38.4. The zero-order chi connectivity index (χ0) is 37.7. The van der Waals surface area contributed by atoms with Gasteiger partial charge in [0.15, 0.2) is 0 Å². The van der Waals surface area contributed by atoms with Crippen molar-refractivity contribution < 1.29 is 0 Å². The number of nitrogens with one attached hydrogen (secondary N) is 8. The highest BCUT2D eigenvalue weighted by Gasteiger charge is 2.45. The summed E-state index contributed by atoms with van der Waals surface area (Å²) in [5, 5.41) is 35.4. The number of nitrogens with zero attached hydrogens (tertiary/aromatic N) is 4. The van der Waals surface area contributed by atoms with E-state index < -0.39 is 30.0 Å². The number of hydrogen-bond donors (Lipinski definition) is 8. The van der Waals surface area contributed by atoms with Crippen LogP contribution in [0.15, 0.2) is 18.1 Å². The first-order valence-electron chi connectivity index (χ1n) is 24.2. The van der Waals surface area contributed by atoms with Crippen molar-refractivity contribution in [1.29, 1.82) is 0 Å². The Bertz CT molecular complexity index is 1170. The van der Waals surface area contributed by atoms with Gasteiger partial charge in [0.05, 0.1) is 0 Å². The first kappa shape index (κ1) is 41.9. The minimum absolute atomic E-state index is 0.427. The van der Waals surface area contributed by atoms with Gasteiger partial charge in [0.2, 0.25) is 30.0 Å². The van der Waals surface area contributed by atoms with Crippen molar-refractivity contribution in [2.24, 2.45) is 18.1 Å². The summed E-state index contributed by atoms with van der Waals surface area (Å²) in [6, 6.07) is 3.42. The van der Waals surface area contributed by atoms with E-state index in [1.165, 1.54) is 205 Å². The average Bonchev–Trinajstić information content (AvgIpc) is 4.01. The van der Waals surface area contributed by atoms with E-state index in [1.807, 2.05) is 0 Å². The van der Waals surface area contributed by atoms with Gasteiger partial charge in [0.25, 0.3) is 0 Å². The molecule has 1 aliphatic heterocycles. The Labute approximate surface area is 341 Å². The minimum Gasteiger partial charge on any atom is -0.250 e. The van der Waals surface area contributed by atoms with Gasteiger partial charge in [0.1, 0.15) is 0 Å². The van der Waals surface area contributed by atoms with Crippen LogP contribution in [0, 0.1) is 0 Å². The summed E-state index contributed by atoms with van der Waals surface area (Å²) in [6.07, 6.45) is 40.1. The van der Waals surface area contributed by atoms with Gasteiger partial charge in [-0.05, 0) is 103 Å². The number of rotatable bonds is 16. The summed E-state index contributed by atoms with van der Waals surface area (Å²) in [5.74, 6) is 0. The van der Waals surface area contributed by atoms with Gasteiger partial charge >= 0.3 is 0 Å². The van der Waals surface area contributed by atoms with E-state index in [0.29, 0.717) is 48.3 Å². The fourth-order valence-corrected chi connectivity index (χ4v) is 29.5. The van der Waals surface area contributed by atoms with E-state index in [-0.39, 0.29) is 0 Å². The Morgan fingerprint density at radius 1 is 0.196 bits per heavy atom. The molecule has 0 aromatic heterocycles. The highest BCUT2D eigenvalue weighted by molar-refractivity contribution is 7.84. The highest BCUT2D eigenvalue weighted by Crippen LogP contribution is 2.73. The Morgan fingerprint density at radius 3 is 0.411 bits per heavy atom. The molecule has 0 radical (unpaired) electrons. The zero-order valence-electron chi connectivity index (χ0n) is 34.8. The van der Waals surface area contributed by atoms with Crippen LogP contribution < -0.4 is 40.7 Å². The molecule has 8 aliphatic carbocycles. The van der Waals surface area contributed by atoms with E-state index >= 15 is 0 Å². The molecule has 9 aliphatic rings. The minimum atomic E-state index is -2.78. The Kier molecular flexibility index (Phi) is 14.5. The summed E-state index contributed by atoms with van der Waals surface area (Å²) < 4.78 is 26.1. The third kappa shape index (κ3) is 10.8. The van der Waals surface area contributed by atoms with Crippen LogP contribution in [0.2, 0.25) is 0 Å². The van der Waals surface area contributed by atoms with Crippen LogP contribution in [0.5, 0.6) is 0 Å². The molecule has 0 aromatic carbocycles. The quantitative estimate of drug-likeness (QED) is 0.0717. The maximum atomic E-state index is 6.52. The highest BCUT2D eigenvalue weighted by atomic mass is 31.3. The monoisotopic (exact) mass is 853 g/mol. The molecule has 0 unspecified atom stereocenters. The van der Waals surface area contributed by atoms with Crippen molar-refractivity contribution in [3.63, 3.8) is 0 Å². The molecule has 0 spiro atoms. The van der Waals surface area contributed by atoms with Crippen LogP contribution in [-0.4, -0.2) is 48.3 Å². The van der Waals surface area contributed by atoms with Crippen molar-refractivity contribution in [2.45, 2.75) is 254 Å². The smallest absolute Gasteiger partial charge is 0.216 e. The predicted molar refractivity (Wildman–Crippen MR) is 241 cm³/mol. The van der Waals surface area contributed by atoms with Gasteiger partial charge in [-0.25, -0.2) is 0 Å². The van der Waals surface area contributed by atoms with Gasteiger partial charge in [-0.3, -0.25) is 40.7 Å². The molecular formula is C40H80N12P4. The molecule has 56 heavy (non-hydrogen) atoms. The lowest BCUT2D eigenvalue weighted by Gasteiger charge is -2.42. The molecule has 320 valence electrons.